The smallest absolute Gasteiger partial charge is 0.224 e. The monoisotopic (exact) mass is 456 g/mol. The summed E-state index contributed by atoms with van der Waals surface area (Å²) in [5, 5.41) is 16.4. The van der Waals surface area contributed by atoms with Crippen LogP contribution in [0.25, 0.3) is 5.65 Å². The molecule has 9 heteroatoms. The number of pyridine rings is 1. The van der Waals surface area contributed by atoms with Crippen LogP contribution < -0.4 is 14.8 Å². The van der Waals surface area contributed by atoms with Crippen molar-refractivity contribution in [3.8, 4) is 17.6 Å². The van der Waals surface area contributed by atoms with Crippen LogP contribution in [0.3, 0.4) is 0 Å². The molecular formula is C25H24N6O3. The number of carbonyl (C=O) groups excluding carboxylic acids is 1. The number of nitrogens with zero attached hydrogens (tertiary/aromatic N) is 5. The second-order valence-electron chi connectivity index (χ2n) is 7.72. The summed E-state index contributed by atoms with van der Waals surface area (Å²) in [6.07, 6.45) is 5.68. The van der Waals surface area contributed by atoms with Crippen molar-refractivity contribution in [2.45, 2.75) is 33.3 Å². The number of nitrogens with one attached hydrogen (secondary N) is 1. The van der Waals surface area contributed by atoms with Gasteiger partial charge < -0.3 is 14.8 Å². The minimum atomic E-state index is -0.137. The van der Waals surface area contributed by atoms with Crippen LogP contribution in [0.15, 0.2) is 48.9 Å². The molecular weight excluding hydrogens is 432 g/mol. The standard InChI is InChI=1S/C25H24N6O3/c1-16-21(17(2)31-25(29-16)19(13-26)14-28-31)5-7-24(32)30-20-4-6-22(33-3)23(12-20)34-15-18-8-10-27-11-9-18/h4,6,8-12,14H,5,7,15H2,1-3H3,(H,30,32). The Balaban J connectivity index is 1.43. The maximum atomic E-state index is 12.7. The van der Waals surface area contributed by atoms with Gasteiger partial charge in [-0.25, -0.2) is 9.50 Å². The highest BCUT2D eigenvalue weighted by molar-refractivity contribution is 5.91. The summed E-state index contributed by atoms with van der Waals surface area (Å²) in [4.78, 5) is 21.2. The number of anilines is 1. The molecule has 3 aromatic heterocycles. The molecule has 0 saturated carbocycles. The van der Waals surface area contributed by atoms with E-state index in [0.29, 0.717) is 41.4 Å². The van der Waals surface area contributed by atoms with Crippen molar-refractivity contribution in [2.75, 3.05) is 12.4 Å². The van der Waals surface area contributed by atoms with Crippen molar-refractivity contribution in [1.82, 2.24) is 19.6 Å². The van der Waals surface area contributed by atoms with Crippen LogP contribution in [0.1, 0.15) is 34.5 Å². The van der Waals surface area contributed by atoms with Crippen LogP contribution in [0.4, 0.5) is 5.69 Å². The molecule has 4 rings (SSSR count). The highest BCUT2D eigenvalue weighted by Crippen LogP contribution is 2.31. The van der Waals surface area contributed by atoms with Crippen molar-refractivity contribution in [1.29, 1.82) is 5.26 Å². The average Bonchev–Trinajstić information content (AvgIpc) is 3.26. The SMILES string of the molecule is COc1ccc(NC(=O)CCc2c(C)nc3c(C#N)cnn3c2C)cc1OCc1ccncc1. The number of aromatic nitrogens is 4. The maximum Gasteiger partial charge on any atom is 0.224 e. The van der Waals surface area contributed by atoms with E-state index < -0.39 is 0 Å². The molecule has 0 radical (unpaired) electrons. The Hall–Kier alpha value is -4.45. The fourth-order valence-corrected chi connectivity index (χ4v) is 3.72. The number of carbonyl (C=O) groups is 1. The summed E-state index contributed by atoms with van der Waals surface area (Å²) in [6.45, 7) is 4.15. The van der Waals surface area contributed by atoms with Gasteiger partial charge in [-0.1, -0.05) is 0 Å². The van der Waals surface area contributed by atoms with Gasteiger partial charge in [0, 0.05) is 42.0 Å². The summed E-state index contributed by atoms with van der Waals surface area (Å²) in [5.74, 6) is 0.974. The van der Waals surface area contributed by atoms with Crippen LogP contribution in [-0.2, 0) is 17.8 Å². The van der Waals surface area contributed by atoms with Gasteiger partial charge in [0.15, 0.2) is 17.1 Å². The first-order valence-corrected chi connectivity index (χ1v) is 10.7. The Morgan fingerprint density at radius 3 is 2.71 bits per heavy atom. The van der Waals surface area contributed by atoms with Gasteiger partial charge in [0.1, 0.15) is 18.2 Å². The van der Waals surface area contributed by atoms with E-state index in [1.54, 1.807) is 42.2 Å². The summed E-state index contributed by atoms with van der Waals surface area (Å²) < 4.78 is 12.9. The molecule has 0 fully saturated rings. The Morgan fingerprint density at radius 2 is 1.97 bits per heavy atom. The van der Waals surface area contributed by atoms with Crippen molar-refractivity contribution < 1.29 is 14.3 Å². The molecule has 9 nitrogen and oxygen atoms in total. The predicted molar refractivity (Wildman–Crippen MR) is 126 cm³/mol. The van der Waals surface area contributed by atoms with Gasteiger partial charge in [-0.3, -0.25) is 9.78 Å². The minimum absolute atomic E-state index is 0.137. The number of hydrogen-bond acceptors (Lipinski definition) is 7. The van der Waals surface area contributed by atoms with Crippen LogP contribution in [0.5, 0.6) is 11.5 Å². The lowest BCUT2D eigenvalue weighted by atomic mass is 10.1. The number of nitriles is 1. The molecule has 0 aliphatic rings. The lowest BCUT2D eigenvalue weighted by Gasteiger charge is -2.14. The van der Waals surface area contributed by atoms with Gasteiger partial charge in [-0.15, -0.1) is 0 Å². The highest BCUT2D eigenvalue weighted by Gasteiger charge is 2.15. The maximum absolute atomic E-state index is 12.7. The fourth-order valence-electron chi connectivity index (χ4n) is 3.72. The molecule has 0 saturated heterocycles. The molecule has 1 amide bonds. The Kier molecular flexibility index (Phi) is 6.69. The third-order valence-electron chi connectivity index (χ3n) is 5.52. The molecule has 0 spiro atoms. The first kappa shape index (κ1) is 22.7. The van der Waals surface area contributed by atoms with E-state index in [-0.39, 0.29) is 12.3 Å². The lowest BCUT2D eigenvalue weighted by molar-refractivity contribution is -0.116. The number of benzene rings is 1. The van der Waals surface area contributed by atoms with E-state index in [0.717, 1.165) is 22.5 Å². The third-order valence-corrected chi connectivity index (χ3v) is 5.52. The predicted octanol–water partition coefficient (Wildman–Crippen LogP) is 3.77. The van der Waals surface area contributed by atoms with Crippen LogP contribution in [0, 0.1) is 25.2 Å². The topological polar surface area (TPSA) is 114 Å². The number of aryl methyl sites for hydroxylation is 2. The molecule has 4 aromatic rings. The van der Waals surface area contributed by atoms with Crippen molar-refractivity contribution >= 4 is 17.2 Å². The molecule has 34 heavy (non-hydrogen) atoms. The van der Waals surface area contributed by atoms with Gasteiger partial charge in [0.05, 0.1) is 13.3 Å². The van der Waals surface area contributed by atoms with E-state index >= 15 is 0 Å². The molecule has 0 atom stereocenters. The Bertz CT molecular complexity index is 1380. The van der Waals surface area contributed by atoms with Gasteiger partial charge in [-0.05, 0) is 55.7 Å². The van der Waals surface area contributed by atoms with E-state index in [4.69, 9.17) is 9.47 Å². The zero-order valence-electron chi connectivity index (χ0n) is 19.2. The van der Waals surface area contributed by atoms with E-state index in [1.165, 1.54) is 6.20 Å². The van der Waals surface area contributed by atoms with E-state index in [2.05, 4.69) is 26.5 Å². The number of amides is 1. The Morgan fingerprint density at radius 1 is 1.18 bits per heavy atom. The van der Waals surface area contributed by atoms with Crippen molar-refractivity contribution in [3.05, 3.63) is 77.0 Å². The minimum Gasteiger partial charge on any atom is -0.493 e. The molecule has 0 bridgehead atoms. The summed E-state index contributed by atoms with van der Waals surface area (Å²) in [7, 11) is 1.57. The Labute approximate surface area is 197 Å². The second kappa shape index (κ2) is 10.0. The fraction of sp³-hybridized carbons (Fsp3) is 0.240. The highest BCUT2D eigenvalue weighted by atomic mass is 16.5. The largest absolute Gasteiger partial charge is 0.493 e. The molecule has 0 aliphatic carbocycles. The molecule has 0 aliphatic heterocycles. The van der Waals surface area contributed by atoms with Crippen LogP contribution in [0.2, 0.25) is 0 Å². The number of rotatable bonds is 8. The summed E-state index contributed by atoms with van der Waals surface area (Å²) >= 11 is 0. The molecule has 3 heterocycles. The van der Waals surface area contributed by atoms with Gasteiger partial charge in [-0.2, -0.15) is 10.4 Å². The average molecular weight is 457 g/mol. The van der Waals surface area contributed by atoms with E-state index in [1.807, 2.05) is 26.0 Å². The summed E-state index contributed by atoms with van der Waals surface area (Å²) in [6, 6.07) is 11.1. The normalized spacial score (nSPS) is 10.6. The molecule has 1 aromatic carbocycles. The third kappa shape index (κ3) is 4.81. The van der Waals surface area contributed by atoms with Gasteiger partial charge in [0.2, 0.25) is 5.91 Å². The zero-order valence-corrected chi connectivity index (χ0v) is 19.2. The zero-order chi connectivity index (χ0) is 24.1. The number of ether oxygens (including phenoxy) is 2. The van der Waals surface area contributed by atoms with Gasteiger partial charge in [0.25, 0.3) is 0 Å². The van der Waals surface area contributed by atoms with Crippen molar-refractivity contribution in [3.63, 3.8) is 0 Å². The van der Waals surface area contributed by atoms with Crippen LogP contribution >= 0.6 is 0 Å². The first-order chi connectivity index (χ1) is 16.5. The van der Waals surface area contributed by atoms with Gasteiger partial charge >= 0.3 is 0 Å². The van der Waals surface area contributed by atoms with Crippen molar-refractivity contribution in [2.24, 2.45) is 0 Å². The summed E-state index contributed by atoms with van der Waals surface area (Å²) in [5.41, 5.74) is 5.13. The molecule has 0 unspecified atom stereocenters. The first-order valence-electron chi connectivity index (χ1n) is 10.7. The number of methoxy groups -OCH3 is 1. The quantitative estimate of drug-likeness (QED) is 0.429. The molecule has 1 N–H and O–H groups in total. The number of hydrogen-bond donors (Lipinski definition) is 1. The molecule has 172 valence electrons. The van der Waals surface area contributed by atoms with E-state index in [9.17, 15) is 10.1 Å². The van der Waals surface area contributed by atoms with Crippen LogP contribution in [-0.4, -0.2) is 32.6 Å². The second-order valence-corrected chi connectivity index (χ2v) is 7.72. The number of fused-ring (bicyclic) bond motifs is 1. The lowest BCUT2D eigenvalue weighted by Crippen LogP contribution is -2.14.